The third kappa shape index (κ3) is 6.75. The van der Waals surface area contributed by atoms with Gasteiger partial charge in [0.25, 0.3) is 0 Å². The minimum atomic E-state index is -0.369. The van der Waals surface area contributed by atoms with Gasteiger partial charge in [-0.1, -0.05) is 100.0 Å². The minimum absolute atomic E-state index is 0.0114. The molecule has 7 heteroatoms. The van der Waals surface area contributed by atoms with Crippen molar-refractivity contribution in [1.29, 1.82) is 0 Å². The van der Waals surface area contributed by atoms with E-state index in [1.807, 2.05) is 20.8 Å². The van der Waals surface area contributed by atoms with E-state index >= 15 is 0 Å². The lowest BCUT2D eigenvalue weighted by molar-refractivity contribution is -0.173. The summed E-state index contributed by atoms with van der Waals surface area (Å²) < 4.78 is 13.5. The number of thiol groups is 1. The monoisotopic (exact) mass is 791 g/mol. The van der Waals surface area contributed by atoms with Crippen molar-refractivity contribution in [3.8, 4) is 0 Å². The van der Waals surface area contributed by atoms with E-state index in [4.69, 9.17) is 27.8 Å². The molecular formula is C49H82N4O2S. The molecular weight excluding hydrogens is 709 g/mol. The lowest BCUT2D eigenvalue weighted by atomic mass is 9.40. The minimum Gasteiger partial charge on any atom is -0.495 e. The highest BCUT2D eigenvalue weighted by atomic mass is 32.1. The van der Waals surface area contributed by atoms with Crippen molar-refractivity contribution in [3.05, 3.63) is 47.4 Å². The van der Waals surface area contributed by atoms with Crippen molar-refractivity contribution in [2.45, 2.75) is 170 Å². The molecule has 0 aromatic carbocycles. The first-order chi connectivity index (χ1) is 26.2. The Labute approximate surface area is 348 Å². The van der Waals surface area contributed by atoms with Crippen LogP contribution in [0.2, 0.25) is 0 Å². The summed E-state index contributed by atoms with van der Waals surface area (Å²) in [5.74, 6) is 3.98. The fourth-order valence-electron chi connectivity index (χ4n) is 13.1. The highest BCUT2D eigenvalue weighted by Crippen LogP contribution is 2.78. The molecule has 0 amide bonds. The second kappa shape index (κ2) is 15.5. The molecule has 4 N–H and O–H groups in total. The van der Waals surface area contributed by atoms with Crippen molar-refractivity contribution in [2.24, 2.45) is 73.9 Å². The molecule has 4 saturated carbocycles. The summed E-state index contributed by atoms with van der Waals surface area (Å²) in [5.41, 5.74) is 16.0. The zero-order valence-electron chi connectivity index (χ0n) is 37.9. The van der Waals surface area contributed by atoms with Gasteiger partial charge in [-0.25, -0.2) is 0 Å². The van der Waals surface area contributed by atoms with Crippen LogP contribution in [0.5, 0.6) is 0 Å². The third-order valence-electron chi connectivity index (χ3n) is 17.8. The molecule has 12 atom stereocenters. The third-order valence-corrected chi connectivity index (χ3v) is 18.7. The first-order valence-electron chi connectivity index (χ1n) is 22.8. The Morgan fingerprint density at radius 1 is 1.11 bits per heavy atom. The van der Waals surface area contributed by atoms with E-state index in [2.05, 4.69) is 110 Å². The maximum atomic E-state index is 7.00. The average Bonchev–Trinajstić information content (AvgIpc) is 3.79. The van der Waals surface area contributed by atoms with E-state index in [1.54, 1.807) is 22.9 Å². The van der Waals surface area contributed by atoms with Crippen molar-refractivity contribution in [1.82, 2.24) is 10.7 Å². The highest BCUT2D eigenvalue weighted by Gasteiger charge is 2.74. The highest BCUT2D eigenvalue weighted by molar-refractivity contribution is 7.82. The number of hydrogen-bond donors (Lipinski definition) is 4. The number of ether oxygens (including phenoxy) is 2. The van der Waals surface area contributed by atoms with E-state index in [1.165, 1.54) is 51.4 Å². The summed E-state index contributed by atoms with van der Waals surface area (Å²) in [5, 5.41) is 7.27. The van der Waals surface area contributed by atoms with Gasteiger partial charge in [0.05, 0.1) is 19.0 Å². The van der Waals surface area contributed by atoms with Crippen LogP contribution in [0.3, 0.4) is 0 Å². The van der Waals surface area contributed by atoms with E-state index in [0.29, 0.717) is 48.0 Å². The van der Waals surface area contributed by atoms with Crippen LogP contribution >= 0.6 is 12.6 Å². The van der Waals surface area contributed by atoms with Gasteiger partial charge in [0.2, 0.25) is 0 Å². The van der Waals surface area contributed by atoms with Crippen molar-refractivity contribution < 1.29 is 9.47 Å². The number of hydrazone groups is 1. The van der Waals surface area contributed by atoms with Gasteiger partial charge >= 0.3 is 0 Å². The number of nitrogens with two attached hydrogens (primary N) is 1. The van der Waals surface area contributed by atoms with Crippen LogP contribution in [0, 0.1) is 63.1 Å². The standard InChI is InChI=1S/C38H59NO2S.C9H17N3.C2H6/c1-22(2)23(3)37-16-15-34(9)26-11-12-28-33(8)19-25-29(30(25)31(33)40-21-35(10,39)32(5,6)7)24(4)38(28,42)27(26)13-14-36(34,20-37)17-18-41-37;1-3-11-12-8(2)9-4-6-10-7-5-9;1-2/h13,17-18,22-26,28,31,42H,11-12,14-16,19-21,39H2,1-10H3;3,9-10,12H,2,4-7H2,1H3;1-2H3/b;11-3-;/t23-,24?,25?,26?,28?,31?,33+,34?,35+,36-,37-,38?;;/m1../s1. The molecule has 9 aliphatic rings. The summed E-state index contributed by atoms with van der Waals surface area (Å²) in [7, 11) is 0. The Morgan fingerprint density at radius 3 is 2.41 bits per heavy atom. The molecule has 0 radical (unpaired) electrons. The SMILES string of the molecule is C=C(N/N=C\C)C1CCNCC1.CC.CC(C)[C@@H](C)[C@]12CCC3(C)C4CCC5C(S)(C4=CC[C@@]3(C=CO1)C2)C(C)C1=C2C1C[C@]5(C)C2OC[C@](C)(N)C(C)(C)C. The fraction of sp³-hybridized carbons (Fsp3) is 0.816. The predicted molar refractivity (Wildman–Crippen MR) is 240 cm³/mol. The molecule has 1 saturated heterocycles. The Kier molecular flexibility index (Phi) is 12.2. The van der Waals surface area contributed by atoms with E-state index in [9.17, 15) is 0 Å². The number of rotatable bonds is 8. The van der Waals surface area contributed by atoms with Gasteiger partial charge in [-0.2, -0.15) is 17.7 Å². The Bertz CT molecular complexity index is 1600. The first kappa shape index (κ1) is 44.0. The topological polar surface area (TPSA) is 80.9 Å². The molecule has 7 aliphatic carbocycles. The molecule has 56 heavy (non-hydrogen) atoms. The number of piperidine rings is 1. The number of hydrogen-bond acceptors (Lipinski definition) is 7. The molecule has 2 heterocycles. The van der Waals surface area contributed by atoms with Gasteiger partial charge in [-0.05, 0) is 137 Å². The maximum absolute atomic E-state index is 7.00. The Morgan fingerprint density at radius 2 is 1.79 bits per heavy atom. The Hall–Kier alpha value is -1.54. The van der Waals surface area contributed by atoms with Gasteiger partial charge in [0.1, 0.15) is 5.60 Å². The van der Waals surface area contributed by atoms with Crippen LogP contribution < -0.4 is 16.5 Å². The van der Waals surface area contributed by atoms with Crippen LogP contribution in [0.4, 0.5) is 0 Å². The lowest BCUT2D eigenvalue weighted by Gasteiger charge is -2.67. The molecule has 7 unspecified atom stereocenters. The molecule has 1 spiro atoms. The second-order valence-electron chi connectivity index (χ2n) is 21.4. The lowest BCUT2D eigenvalue weighted by Crippen LogP contribution is -2.63. The normalized spacial score (nSPS) is 42.3. The molecule has 9 rings (SSSR count). The zero-order valence-corrected chi connectivity index (χ0v) is 38.8. The quantitative estimate of drug-likeness (QED) is 0.0852. The number of fused-ring (bicyclic) bond motifs is 3. The van der Waals surface area contributed by atoms with Gasteiger partial charge in [-0.15, -0.1) is 0 Å². The average molecular weight is 791 g/mol. The second-order valence-corrected chi connectivity index (χ2v) is 22.2. The number of nitrogens with one attached hydrogen (secondary N) is 2. The van der Waals surface area contributed by atoms with Crippen molar-refractivity contribution in [3.63, 3.8) is 0 Å². The predicted octanol–water partition coefficient (Wildman–Crippen LogP) is 11.0. The van der Waals surface area contributed by atoms with Crippen molar-refractivity contribution in [2.75, 3.05) is 19.7 Å². The van der Waals surface area contributed by atoms with Crippen LogP contribution in [-0.4, -0.2) is 47.9 Å². The molecule has 0 aromatic heterocycles. The van der Waals surface area contributed by atoms with Crippen LogP contribution in [0.1, 0.15) is 148 Å². The van der Waals surface area contributed by atoms with Gasteiger partial charge < -0.3 is 20.5 Å². The molecule has 5 fully saturated rings. The van der Waals surface area contributed by atoms with Gasteiger partial charge in [0.15, 0.2) is 0 Å². The Balaban J connectivity index is 0.000000324. The molecule has 316 valence electrons. The summed E-state index contributed by atoms with van der Waals surface area (Å²) in [6.07, 6.45) is 20.1. The van der Waals surface area contributed by atoms with E-state index < -0.39 is 0 Å². The van der Waals surface area contributed by atoms with Crippen LogP contribution in [0.15, 0.2) is 52.5 Å². The largest absolute Gasteiger partial charge is 0.495 e. The summed E-state index contributed by atoms with van der Waals surface area (Å²) >= 11 is 5.93. The molecule has 6 bridgehead atoms. The molecule has 0 aromatic rings. The number of nitrogens with zero attached hydrogens (tertiary/aromatic N) is 1. The smallest absolute Gasteiger partial charge is 0.112 e. The number of allylic oxidation sites excluding steroid dienone is 4. The van der Waals surface area contributed by atoms with Gasteiger partial charge in [-0.3, -0.25) is 5.43 Å². The zero-order chi connectivity index (χ0) is 41.3. The van der Waals surface area contributed by atoms with Crippen molar-refractivity contribution >= 4 is 18.8 Å². The van der Waals surface area contributed by atoms with Crippen LogP contribution in [-0.2, 0) is 9.47 Å². The van der Waals surface area contributed by atoms with Crippen LogP contribution in [0.25, 0.3) is 0 Å². The summed E-state index contributed by atoms with van der Waals surface area (Å²) in [4.78, 5) is 0. The first-order valence-corrected chi connectivity index (χ1v) is 23.2. The fourth-order valence-corrected chi connectivity index (χ4v) is 13.9. The molecule has 6 nitrogen and oxygen atoms in total. The van der Waals surface area contributed by atoms with Gasteiger partial charge in [0, 0.05) is 44.9 Å². The molecule has 2 aliphatic heterocycles. The summed E-state index contributed by atoms with van der Waals surface area (Å²) in [6, 6.07) is 0. The van der Waals surface area contributed by atoms with E-state index in [-0.39, 0.29) is 43.7 Å². The van der Waals surface area contributed by atoms with E-state index in [0.717, 1.165) is 25.2 Å². The maximum Gasteiger partial charge on any atom is 0.112 e. The summed E-state index contributed by atoms with van der Waals surface area (Å²) in [6.45, 7) is 36.5.